The largest absolute Gasteiger partial charge is 0.477 e. The predicted molar refractivity (Wildman–Crippen MR) is 86.5 cm³/mol. The van der Waals surface area contributed by atoms with Gasteiger partial charge in [0.2, 0.25) is 5.91 Å². The highest BCUT2D eigenvalue weighted by Gasteiger charge is 2.54. The van der Waals surface area contributed by atoms with Crippen molar-refractivity contribution in [3.05, 3.63) is 34.2 Å². The van der Waals surface area contributed by atoms with Gasteiger partial charge in [-0.1, -0.05) is 6.07 Å². The second kappa shape index (κ2) is 6.67. The Bertz CT molecular complexity index is 757. The van der Waals surface area contributed by atoms with Gasteiger partial charge in [0.25, 0.3) is 5.91 Å². The fourth-order valence-corrected chi connectivity index (χ4v) is 3.77. The molecule has 0 bridgehead atoms. The van der Waals surface area contributed by atoms with Gasteiger partial charge in [-0.25, -0.2) is 4.79 Å². The van der Waals surface area contributed by atoms with Gasteiger partial charge >= 0.3 is 11.9 Å². The van der Waals surface area contributed by atoms with Crippen LogP contribution >= 0.6 is 11.3 Å². The van der Waals surface area contributed by atoms with E-state index in [1.807, 2.05) is 17.5 Å². The first kappa shape index (κ1) is 17.2. The number of aliphatic carboxylic acids is 1. The Morgan fingerprint density at radius 1 is 1.44 bits per heavy atom. The molecule has 1 fully saturated rings. The summed E-state index contributed by atoms with van der Waals surface area (Å²) >= 11 is 1.44. The zero-order chi connectivity index (χ0) is 18.1. The number of esters is 1. The van der Waals surface area contributed by atoms with Crippen LogP contribution in [0.1, 0.15) is 18.2 Å². The Hall–Kier alpha value is -2.68. The second-order valence-corrected chi connectivity index (χ2v) is 6.85. The third-order valence-electron chi connectivity index (χ3n) is 4.06. The van der Waals surface area contributed by atoms with E-state index in [1.165, 1.54) is 24.3 Å². The van der Waals surface area contributed by atoms with Crippen LogP contribution in [-0.4, -0.2) is 51.9 Å². The molecule has 2 aliphatic rings. The normalized spacial score (nSPS) is 24.7. The highest BCUT2D eigenvalue weighted by molar-refractivity contribution is 7.10. The van der Waals surface area contributed by atoms with E-state index in [1.54, 1.807) is 0 Å². The van der Waals surface area contributed by atoms with Crippen molar-refractivity contribution < 1.29 is 29.0 Å². The molecule has 2 amide bonds. The topological polar surface area (TPSA) is 113 Å². The summed E-state index contributed by atoms with van der Waals surface area (Å²) in [6.07, 6.45) is 0.909. The number of amides is 2. The Morgan fingerprint density at radius 3 is 2.80 bits per heavy atom. The van der Waals surface area contributed by atoms with Gasteiger partial charge in [0.05, 0.1) is 12.5 Å². The molecule has 0 spiro atoms. The fraction of sp³-hybridized carbons (Fsp3) is 0.375. The first-order valence-electron chi connectivity index (χ1n) is 7.64. The Morgan fingerprint density at radius 2 is 2.20 bits per heavy atom. The maximum absolute atomic E-state index is 12.3. The van der Waals surface area contributed by atoms with E-state index in [0.717, 1.165) is 9.78 Å². The minimum atomic E-state index is -1.28. The van der Waals surface area contributed by atoms with Crippen LogP contribution in [0.3, 0.4) is 0 Å². The molecule has 0 unspecified atom stereocenters. The van der Waals surface area contributed by atoms with E-state index in [-0.39, 0.29) is 24.4 Å². The van der Waals surface area contributed by atoms with E-state index < -0.39 is 36.0 Å². The number of rotatable bonds is 5. The number of ether oxygens (including phenoxy) is 1. The van der Waals surface area contributed by atoms with Crippen molar-refractivity contribution in [2.24, 2.45) is 0 Å². The van der Waals surface area contributed by atoms with E-state index >= 15 is 0 Å². The van der Waals surface area contributed by atoms with Crippen molar-refractivity contribution in [1.82, 2.24) is 10.2 Å². The van der Waals surface area contributed by atoms with Crippen LogP contribution in [0.2, 0.25) is 0 Å². The molecule has 1 saturated heterocycles. The molecule has 3 heterocycles. The van der Waals surface area contributed by atoms with Gasteiger partial charge in [0, 0.05) is 18.2 Å². The number of carboxylic acids is 1. The number of carbonyl (C=O) groups excluding carboxylic acids is 3. The molecule has 132 valence electrons. The third-order valence-corrected chi connectivity index (χ3v) is 4.94. The van der Waals surface area contributed by atoms with Crippen LogP contribution in [0.5, 0.6) is 0 Å². The van der Waals surface area contributed by atoms with Crippen molar-refractivity contribution in [1.29, 1.82) is 0 Å². The average molecular weight is 364 g/mol. The first-order valence-corrected chi connectivity index (χ1v) is 8.52. The van der Waals surface area contributed by atoms with Gasteiger partial charge < -0.3 is 15.2 Å². The Balaban J connectivity index is 1.71. The van der Waals surface area contributed by atoms with Crippen LogP contribution in [0, 0.1) is 0 Å². The molecule has 8 nitrogen and oxygen atoms in total. The number of hydrogen-bond donors (Lipinski definition) is 2. The molecule has 0 aromatic carbocycles. The molecule has 0 radical (unpaired) electrons. The SMILES string of the molecule is CC(=O)O[C@H]1C=C(C(=O)O)N2C(=O)[C@H](NC(=O)Cc3cccs3)[C@@H]2C1. The molecule has 2 aliphatic heterocycles. The summed E-state index contributed by atoms with van der Waals surface area (Å²) in [6.45, 7) is 1.23. The van der Waals surface area contributed by atoms with Crippen LogP contribution < -0.4 is 5.32 Å². The summed E-state index contributed by atoms with van der Waals surface area (Å²) in [5, 5.41) is 13.8. The minimum absolute atomic E-state index is 0.156. The Kier molecular flexibility index (Phi) is 4.58. The van der Waals surface area contributed by atoms with Crippen molar-refractivity contribution in [3.63, 3.8) is 0 Å². The maximum Gasteiger partial charge on any atom is 0.352 e. The number of hydrogen-bond acceptors (Lipinski definition) is 6. The minimum Gasteiger partial charge on any atom is -0.477 e. The average Bonchev–Trinajstić information content (AvgIpc) is 3.04. The smallest absolute Gasteiger partial charge is 0.352 e. The number of nitrogens with zero attached hydrogens (tertiary/aromatic N) is 1. The quantitative estimate of drug-likeness (QED) is 0.574. The lowest BCUT2D eigenvalue weighted by atomic mass is 9.85. The monoisotopic (exact) mass is 364 g/mol. The van der Waals surface area contributed by atoms with Gasteiger partial charge in [-0.3, -0.25) is 19.3 Å². The Labute approximate surface area is 147 Å². The summed E-state index contributed by atoms with van der Waals surface area (Å²) in [6, 6.07) is 2.30. The number of carbonyl (C=O) groups is 4. The van der Waals surface area contributed by atoms with E-state index in [2.05, 4.69) is 5.32 Å². The van der Waals surface area contributed by atoms with E-state index in [0.29, 0.717) is 0 Å². The molecule has 2 N–H and O–H groups in total. The molecule has 0 aliphatic carbocycles. The number of nitrogens with one attached hydrogen (secondary N) is 1. The third kappa shape index (κ3) is 3.41. The zero-order valence-corrected chi connectivity index (χ0v) is 14.1. The van der Waals surface area contributed by atoms with Crippen LogP contribution in [0.4, 0.5) is 0 Å². The molecule has 0 saturated carbocycles. The summed E-state index contributed by atoms with van der Waals surface area (Å²) in [5.41, 5.74) is -0.226. The lowest BCUT2D eigenvalue weighted by molar-refractivity contribution is -0.160. The number of thiophene rings is 1. The molecule has 1 aromatic rings. The van der Waals surface area contributed by atoms with Crippen molar-refractivity contribution >= 4 is 35.1 Å². The molecule has 1 aromatic heterocycles. The lowest BCUT2D eigenvalue weighted by Gasteiger charge is -2.50. The van der Waals surface area contributed by atoms with Gasteiger partial charge in [-0.2, -0.15) is 0 Å². The van der Waals surface area contributed by atoms with Crippen molar-refractivity contribution in [2.75, 3.05) is 0 Å². The lowest BCUT2D eigenvalue weighted by Crippen LogP contribution is -2.72. The molecular weight excluding hydrogens is 348 g/mol. The molecule has 3 rings (SSSR count). The van der Waals surface area contributed by atoms with E-state index in [9.17, 15) is 24.3 Å². The summed E-state index contributed by atoms with van der Waals surface area (Å²) in [5.74, 6) is -2.60. The molecular formula is C16H16N2O6S. The highest BCUT2D eigenvalue weighted by Crippen LogP contribution is 2.34. The number of carboxylic acid groups (broad SMARTS) is 1. The fourth-order valence-electron chi connectivity index (χ4n) is 3.07. The number of fused-ring (bicyclic) bond motifs is 1. The zero-order valence-electron chi connectivity index (χ0n) is 13.3. The summed E-state index contributed by atoms with van der Waals surface area (Å²) in [7, 11) is 0. The van der Waals surface area contributed by atoms with Gasteiger partial charge in [-0.05, 0) is 17.5 Å². The van der Waals surface area contributed by atoms with Crippen LogP contribution in [0.25, 0.3) is 0 Å². The molecule has 9 heteroatoms. The van der Waals surface area contributed by atoms with Crippen molar-refractivity contribution in [2.45, 2.75) is 38.0 Å². The number of β-lactam (4-membered cyclic amide) rings is 1. The van der Waals surface area contributed by atoms with Crippen LogP contribution in [-0.2, 0) is 30.3 Å². The summed E-state index contributed by atoms with van der Waals surface area (Å²) in [4.78, 5) is 48.9. The first-order chi connectivity index (χ1) is 11.9. The van der Waals surface area contributed by atoms with Gasteiger partial charge in [-0.15, -0.1) is 11.3 Å². The van der Waals surface area contributed by atoms with E-state index in [4.69, 9.17) is 4.74 Å². The van der Waals surface area contributed by atoms with Crippen molar-refractivity contribution in [3.8, 4) is 0 Å². The molecule has 25 heavy (non-hydrogen) atoms. The van der Waals surface area contributed by atoms with Gasteiger partial charge in [0.1, 0.15) is 17.8 Å². The van der Waals surface area contributed by atoms with Gasteiger partial charge in [0.15, 0.2) is 0 Å². The summed E-state index contributed by atoms with van der Waals surface area (Å²) < 4.78 is 5.07. The second-order valence-electron chi connectivity index (χ2n) is 5.82. The predicted octanol–water partition coefficient (Wildman–Crippen LogP) is 0.290. The standard InChI is InChI=1S/C16H16N2O6S/c1-8(19)24-9-5-11-14(15(21)18(11)12(6-9)16(22)23)17-13(20)7-10-3-2-4-25-10/h2-4,6,9,11,14H,5,7H2,1H3,(H,17,20)(H,22,23)/t9-,11+,14-/m1/s1. The van der Waals surface area contributed by atoms with Crippen LogP contribution in [0.15, 0.2) is 29.3 Å². The highest BCUT2D eigenvalue weighted by atomic mass is 32.1. The maximum atomic E-state index is 12.3. The molecule has 3 atom stereocenters.